The van der Waals surface area contributed by atoms with E-state index in [0.29, 0.717) is 19.0 Å². The highest BCUT2D eigenvalue weighted by Gasteiger charge is 2.14. The molecule has 1 atom stereocenters. The van der Waals surface area contributed by atoms with Crippen LogP contribution >= 0.6 is 0 Å². The van der Waals surface area contributed by atoms with Crippen LogP contribution < -0.4 is 16.0 Å². The van der Waals surface area contributed by atoms with Crippen LogP contribution in [0.3, 0.4) is 0 Å². The van der Waals surface area contributed by atoms with Crippen molar-refractivity contribution in [3.8, 4) is 0 Å². The molecule has 3 N–H and O–H groups in total. The van der Waals surface area contributed by atoms with E-state index >= 15 is 0 Å². The summed E-state index contributed by atoms with van der Waals surface area (Å²) in [6.45, 7) is 3.60. The van der Waals surface area contributed by atoms with Gasteiger partial charge in [0, 0.05) is 19.0 Å². The molecule has 98 valence electrons. The van der Waals surface area contributed by atoms with Gasteiger partial charge >= 0.3 is 0 Å². The molecule has 0 aromatic carbocycles. The minimum absolute atomic E-state index is 0.0383. The van der Waals surface area contributed by atoms with E-state index in [4.69, 9.17) is 0 Å². The average Bonchev–Trinajstić information content (AvgIpc) is 2.35. The Kier molecular flexibility index (Phi) is 6.62. The summed E-state index contributed by atoms with van der Waals surface area (Å²) >= 11 is 0. The van der Waals surface area contributed by atoms with E-state index in [-0.39, 0.29) is 18.4 Å². The van der Waals surface area contributed by atoms with E-state index in [2.05, 4.69) is 16.0 Å². The molecule has 1 aliphatic heterocycles. The fourth-order valence-corrected chi connectivity index (χ4v) is 2.00. The van der Waals surface area contributed by atoms with Crippen LogP contribution in [0.5, 0.6) is 0 Å². The van der Waals surface area contributed by atoms with Crippen molar-refractivity contribution in [2.45, 2.75) is 45.1 Å². The predicted molar refractivity (Wildman–Crippen MR) is 66.6 cm³/mol. The molecular formula is C12H23N3O2. The van der Waals surface area contributed by atoms with Crippen molar-refractivity contribution in [1.29, 1.82) is 0 Å². The molecule has 0 aromatic rings. The molecule has 0 aromatic heterocycles. The Hall–Kier alpha value is -1.10. The number of piperidine rings is 1. The highest BCUT2D eigenvalue weighted by Crippen LogP contribution is 2.11. The number of amides is 2. The van der Waals surface area contributed by atoms with Crippen LogP contribution in [-0.4, -0.2) is 37.5 Å². The normalized spacial score (nSPS) is 19.7. The molecule has 1 heterocycles. The Labute approximate surface area is 103 Å². The second-order valence-electron chi connectivity index (χ2n) is 4.42. The summed E-state index contributed by atoms with van der Waals surface area (Å²) in [5.41, 5.74) is 0. The Morgan fingerprint density at radius 2 is 2.06 bits per heavy atom. The monoisotopic (exact) mass is 241 g/mol. The Bertz CT molecular complexity index is 250. The van der Waals surface area contributed by atoms with Gasteiger partial charge in [-0.1, -0.05) is 6.42 Å². The van der Waals surface area contributed by atoms with Gasteiger partial charge in [0.05, 0.1) is 6.54 Å². The van der Waals surface area contributed by atoms with Gasteiger partial charge in [0.15, 0.2) is 0 Å². The lowest BCUT2D eigenvalue weighted by Gasteiger charge is -2.22. The lowest BCUT2D eigenvalue weighted by molar-refractivity contribution is -0.126. The van der Waals surface area contributed by atoms with Crippen LogP contribution in [0.25, 0.3) is 0 Å². The second-order valence-corrected chi connectivity index (χ2v) is 4.42. The first-order chi connectivity index (χ1) is 8.22. The van der Waals surface area contributed by atoms with E-state index in [1.807, 2.05) is 6.92 Å². The van der Waals surface area contributed by atoms with Gasteiger partial charge in [0.2, 0.25) is 11.8 Å². The van der Waals surface area contributed by atoms with E-state index in [1.54, 1.807) is 0 Å². The SMILES string of the molecule is CCNC(=O)CNC(=O)CCC1CCCCN1. The van der Waals surface area contributed by atoms with Crippen LogP contribution in [0.4, 0.5) is 0 Å². The lowest BCUT2D eigenvalue weighted by atomic mass is 10.0. The molecule has 0 radical (unpaired) electrons. The highest BCUT2D eigenvalue weighted by atomic mass is 16.2. The van der Waals surface area contributed by atoms with Gasteiger partial charge < -0.3 is 16.0 Å². The average molecular weight is 241 g/mol. The lowest BCUT2D eigenvalue weighted by Crippen LogP contribution is -2.38. The standard InChI is InChI=1S/C12H23N3O2/c1-2-13-12(17)9-15-11(16)7-6-10-5-3-4-8-14-10/h10,14H,2-9H2,1H3,(H,13,17)(H,15,16). The highest BCUT2D eigenvalue weighted by molar-refractivity contribution is 5.84. The third-order valence-electron chi connectivity index (χ3n) is 2.95. The second kappa shape index (κ2) is 8.06. The van der Waals surface area contributed by atoms with Crippen LogP contribution in [0, 0.1) is 0 Å². The largest absolute Gasteiger partial charge is 0.355 e. The molecule has 1 aliphatic rings. The first-order valence-electron chi connectivity index (χ1n) is 6.49. The van der Waals surface area contributed by atoms with Crippen molar-refractivity contribution < 1.29 is 9.59 Å². The molecule has 5 heteroatoms. The van der Waals surface area contributed by atoms with Crippen LogP contribution in [-0.2, 0) is 9.59 Å². The summed E-state index contributed by atoms with van der Waals surface area (Å²) < 4.78 is 0. The van der Waals surface area contributed by atoms with Crippen molar-refractivity contribution in [2.75, 3.05) is 19.6 Å². The van der Waals surface area contributed by atoms with Crippen molar-refractivity contribution in [2.24, 2.45) is 0 Å². The molecule has 1 fully saturated rings. The number of hydrogen-bond donors (Lipinski definition) is 3. The van der Waals surface area contributed by atoms with Gasteiger partial charge in [0.25, 0.3) is 0 Å². The van der Waals surface area contributed by atoms with Crippen LogP contribution in [0.15, 0.2) is 0 Å². The molecule has 2 amide bonds. The third-order valence-corrected chi connectivity index (χ3v) is 2.95. The molecule has 5 nitrogen and oxygen atoms in total. The quantitative estimate of drug-likeness (QED) is 0.620. The number of carbonyl (C=O) groups excluding carboxylic acids is 2. The zero-order chi connectivity index (χ0) is 12.5. The molecule has 1 rings (SSSR count). The first-order valence-corrected chi connectivity index (χ1v) is 6.49. The molecule has 0 saturated carbocycles. The maximum absolute atomic E-state index is 11.5. The summed E-state index contributed by atoms with van der Waals surface area (Å²) in [6.07, 6.45) is 5.00. The van der Waals surface area contributed by atoms with Crippen molar-refractivity contribution in [1.82, 2.24) is 16.0 Å². The van der Waals surface area contributed by atoms with Crippen LogP contribution in [0.2, 0.25) is 0 Å². The molecule has 1 saturated heterocycles. The maximum atomic E-state index is 11.5. The Morgan fingerprint density at radius 1 is 1.24 bits per heavy atom. The summed E-state index contributed by atoms with van der Waals surface area (Å²) in [7, 11) is 0. The van der Waals surface area contributed by atoms with Crippen molar-refractivity contribution in [3.63, 3.8) is 0 Å². The van der Waals surface area contributed by atoms with Gasteiger partial charge in [-0.2, -0.15) is 0 Å². The van der Waals surface area contributed by atoms with Crippen molar-refractivity contribution >= 4 is 11.8 Å². The van der Waals surface area contributed by atoms with E-state index in [9.17, 15) is 9.59 Å². The van der Waals surface area contributed by atoms with Crippen molar-refractivity contribution in [3.05, 3.63) is 0 Å². The topological polar surface area (TPSA) is 70.2 Å². The molecule has 1 unspecified atom stereocenters. The minimum atomic E-state index is -0.128. The van der Waals surface area contributed by atoms with Gasteiger partial charge in [-0.25, -0.2) is 0 Å². The zero-order valence-corrected chi connectivity index (χ0v) is 10.6. The number of hydrogen-bond acceptors (Lipinski definition) is 3. The smallest absolute Gasteiger partial charge is 0.239 e. The van der Waals surface area contributed by atoms with E-state index < -0.39 is 0 Å². The van der Waals surface area contributed by atoms with Gasteiger partial charge in [0.1, 0.15) is 0 Å². The fraction of sp³-hybridized carbons (Fsp3) is 0.833. The number of likely N-dealkylation sites (N-methyl/N-ethyl adjacent to an activating group) is 1. The summed E-state index contributed by atoms with van der Waals surface area (Å²) in [6, 6.07) is 0.471. The minimum Gasteiger partial charge on any atom is -0.355 e. The van der Waals surface area contributed by atoms with Gasteiger partial charge in [-0.15, -0.1) is 0 Å². The molecule has 0 aliphatic carbocycles. The van der Waals surface area contributed by atoms with E-state index in [0.717, 1.165) is 19.4 Å². The molecule has 0 spiro atoms. The molecule has 17 heavy (non-hydrogen) atoms. The molecule has 0 bridgehead atoms. The molecular weight excluding hydrogens is 218 g/mol. The predicted octanol–water partition coefficient (Wildman–Crippen LogP) is 0.161. The van der Waals surface area contributed by atoms with Crippen LogP contribution in [0.1, 0.15) is 39.0 Å². The van der Waals surface area contributed by atoms with E-state index in [1.165, 1.54) is 12.8 Å². The Balaban J connectivity index is 2.06. The number of carbonyl (C=O) groups is 2. The summed E-state index contributed by atoms with van der Waals surface area (Å²) in [4.78, 5) is 22.6. The van der Waals surface area contributed by atoms with Gasteiger partial charge in [-0.3, -0.25) is 9.59 Å². The summed E-state index contributed by atoms with van der Waals surface area (Å²) in [5, 5.41) is 8.67. The number of rotatable bonds is 6. The Morgan fingerprint density at radius 3 is 2.71 bits per heavy atom. The zero-order valence-electron chi connectivity index (χ0n) is 10.6. The third kappa shape index (κ3) is 6.26. The maximum Gasteiger partial charge on any atom is 0.239 e. The number of nitrogens with one attached hydrogen (secondary N) is 3. The van der Waals surface area contributed by atoms with Gasteiger partial charge in [-0.05, 0) is 32.7 Å². The summed E-state index contributed by atoms with van der Waals surface area (Å²) in [5.74, 6) is -0.166. The first kappa shape index (κ1) is 14.0. The fourth-order valence-electron chi connectivity index (χ4n) is 2.00.